The number of hydrogen-bond acceptors (Lipinski definition) is 8. The molecule has 1 unspecified atom stereocenters. The molecule has 0 radical (unpaired) electrons. The molecule has 1 aliphatic heterocycles. The smallest absolute Gasteiger partial charge is 0.264 e. The van der Waals surface area contributed by atoms with Crippen LogP contribution in [0, 0.1) is 5.92 Å². The third kappa shape index (κ3) is 4.44. The maximum atomic E-state index is 13.2. The molecular formula is C22H27N5O3S. The van der Waals surface area contributed by atoms with Gasteiger partial charge in [0.1, 0.15) is 16.4 Å². The van der Waals surface area contributed by atoms with Gasteiger partial charge in [0, 0.05) is 31.9 Å². The fourth-order valence-corrected chi connectivity index (χ4v) is 5.43. The first kappa shape index (κ1) is 20.4. The van der Waals surface area contributed by atoms with Crippen LogP contribution in [-0.2, 0) is 4.74 Å². The molecule has 1 saturated heterocycles. The predicted octanol–water partition coefficient (Wildman–Crippen LogP) is 3.21. The van der Waals surface area contributed by atoms with Gasteiger partial charge in [-0.15, -0.1) is 11.3 Å². The molecule has 1 aromatic carbocycles. The molecule has 2 aromatic heterocycles. The van der Waals surface area contributed by atoms with E-state index in [0.29, 0.717) is 41.5 Å². The van der Waals surface area contributed by atoms with E-state index in [9.17, 15) is 9.90 Å². The largest absolute Gasteiger partial charge is 0.396 e. The first-order valence-electron chi connectivity index (χ1n) is 10.9. The van der Waals surface area contributed by atoms with Gasteiger partial charge in [0.15, 0.2) is 0 Å². The molecule has 4 N–H and O–H groups in total. The summed E-state index contributed by atoms with van der Waals surface area (Å²) in [7, 11) is 0. The summed E-state index contributed by atoms with van der Waals surface area (Å²) >= 11 is 1.50. The number of nitrogens with one attached hydrogen (secondary N) is 3. The van der Waals surface area contributed by atoms with Crippen LogP contribution in [0.3, 0.4) is 0 Å². The molecule has 0 amide bonds. The van der Waals surface area contributed by atoms with E-state index in [1.54, 1.807) is 0 Å². The molecule has 3 heterocycles. The van der Waals surface area contributed by atoms with E-state index in [1.165, 1.54) is 11.3 Å². The molecule has 1 saturated carbocycles. The van der Waals surface area contributed by atoms with E-state index in [0.717, 1.165) is 42.3 Å². The summed E-state index contributed by atoms with van der Waals surface area (Å²) in [6.07, 6.45) is 4.55. The average Bonchev–Trinajstić information content (AvgIpc) is 3.40. The second-order valence-electron chi connectivity index (χ2n) is 8.36. The zero-order valence-electron chi connectivity index (χ0n) is 17.3. The van der Waals surface area contributed by atoms with Crippen molar-refractivity contribution < 1.29 is 9.84 Å². The standard InChI is InChI=1S/C22H27N5O3S/c28-12-13-5-6-15(11-13)23-19-18(21-25-16-3-1-2-4-17(16)31-21)20(29)27-22(26-19)24-14-7-9-30-10-8-14/h1-4,13-15,28H,5-12H2,(H3,23,24,26,27,29)/t13-,15?/m1/s1. The summed E-state index contributed by atoms with van der Waals surface area (Å²) in [6, 6.07) is 8.28. The van der Waals surface area contributed by atoms with Gasteiger partial charge in [0.05, 0.1) is 10.2 Å². The van der Waals surface area contributed by atoms with Crippen LogP contribution >= 0.6 is 11.3 Å². The number of rotatable bonds is 6. The van der Waals surface area contributed by atoms with Gasteiger partial charge >= 0.3 is 0 Å². The molecule has 2 aliphatic rings. The molecule has 164 valence electrons. The van der Waals surface area contributed by atoms with E-state index >= 15 is 0 Å². The lowest BCUT2D eigenvalue weighted by Crippen LogP contribution is -2.30. The van der Waals surface area contributed by atoms with Crippen LogP contribution in [0.2, 0.25) is 0 Å². The van der Waals surface area contributed by atoms with Crippen LogP contribution in [0.5, 0.6) is 0 Å². The number of anilines is 2. The van der Waals surface area contributed by atoms with Gasteiger partial charge in [0.25, 0.3) is 5.56 Å². The van der Waals surface area contributed by atoms with Crippen LogP contribution in [0.1, 0.15) is 32.1 Å². The highest BCUT2D eigenvalue weighted by Gasteiger charge is 2.27. The number of para-hydroxylation sites is 1. The molecule has 31 heavy (non-hydrogen) atoms. The zero-order chi connectivity index (χ0) is 21.2. The van der Waals surface area contributed by atoms with Crippen molar-refractivity contribution in [2.75, 3.05) is 30.5 Å². The topological polar surface area (TPSA) is 112 Å². The molecule has 0 bridgehead atoms. The Morgan fingerprint density at radius 3 is 2.71 bits per heavy atom. The minimum absolute atomic E-state index is 0.176. The highest BCUT2D eigenvalue weighted by atomic mass is 32.1. The number of thiazole rings is 1. The number of H-pyrrole nitrogens is 1. The SMILES string of the molecule is O=c1[nH]c(NC2CCOCC2)nc(NC2CC[C@@H](CO)C2)c1-c1nc2ccccc2s1. The first-order valence-corrected chi connectivity index (χ1v) is 11.7. The van der Waals surface area contributed by atoms with Gasteiger partial charge in [0.2, 0.25) is 5.95 Å². The minimum atomic E-state index is -0.206. The van der Waals surface area contributed by atoms with E-state index in [1.807, 2.05) is 24.3 Å². The summed E-state index contributed by atoms with van der Waals surface area (Å²) in [5.74, 6) is 1.33. The fraction of sp³-hybridized carbons (Fsp3) is 0.500. The van der Waals surface area contributed by atoms with E-state index in [-0.39, 0.29) is 24.2 Å². The number of aromatic nitrogens is 3. The maximum absolute atomic E-state index is 13.2. The lowest BCUT2D eigenvalue weighted by molar-refractivity contribution is 0.0903. The minimum Gasteiger partial charge on any atom is -0.396 e. The van der Waals surface area contributed by atoms with E-state index in [4.69, 9.17) is 14.7 Å². The number of aliphatic hydroxyl groups excluding tert-OH is 1. The molecule has 8 nitrogen and oxygen atoms in total. The molecule has 5 rings (SSSR count). The van der Waals surface area contributed by atoms with Crippen molar-refractivity contribution in [3.63, 3.8) is 0 Å². The number of benzene rings is 1. The lowest BCUT2D eigenvalue weighted by atomic mass is 10.1. The number of aliphatic hydroxyl groups is 1. The normalized spacial score (nSPS) is 22.1. The van der Waals surface area contributed by atoms with Gasteiger partial charge in [-0.1, -0.05) is 12.1 Å². The molecule has 2 fully saturated rings. The zero-order valence-corrected chi connectivity index (χ0v) is 18.1. The van der Waals surface area contributed by atoms with Crippen molar-refractivity contribution >= 4 is 33.3 Å². The molecule has 1 aliphatic carbocycles. The summed E-state index contributed by atoms with van der Waals surface area (Å²) in [5.41, 5.74) is 1.15. The third-order valence-electron chi connectivity index (χ3n) is 6.13. The number of aromatic amines is 1. The molecule has 9 heteroatoms. The Kier molecular flexibility index (Phi) is 5.89. The van der Waals surface area contributed by atoms with Gasteiger partial charge in [-0.25, -0.2) is 4.98 Å². The van der Waals surface area contributed by atoms with Gasteiger partial charge in [-0.05, 0) is 50.2 Å². The highest BCUT2D eigenvalue weighted by Crippen LogP contribution is 2.34. The van der Waals surface area contributed by atoms with Crippen LogP contribution < -0.4 is 16.2 Å². The predicted molar refractivity (Wildman–Crippen MR) is 123 cm³/mol. The molecular weight excluding hydrogens is 414 g/mol. The number of fused-ring (bicyclic) bond motifs is 1. The Morgan fingerprint density at radius 1 is 1.10 bits per heavy atom. The number of ether oxygens (including phenoxy) is 1. The van der Waals surface area contributed by atoms with Crippen LogP contribution in [0.4, 0.5) is 11.8 Å². The Labute approximate surface area is 184 Å². The Bertz CT molecular complexity index is 1070. The summed E-state index contributed by atoms with van der Waals surface area (Å²) in [4.78, 5) is 25.6. The van der Waals surface area contributed by atoms with Crippen molar-refractivity contribution in [3.05, 3.63) is 34.6 Å². The van der Waals surface area contributed by atoms with Gasteiger partial charge in [-0.2, -0.15) is 4.98 Å². The van der Waals surface area contributed by atoms with Crippen molar-refractivity contribution in [1.29, 1.82) is 0 Å². The molecule has 3 aromatic rings. The fourth-order valence-electron chi connectivity index (χ4n) is 4.42. The van der Waals surface area contributed by atoms with Crippen molar-refractivity contribution in [1.82, 2.24) is 15.0 Å². The molecule has 0 spiro atoms. The van der Waals surface area contributed by atoms with Crippen LogP contribution in [0.15, 0.2) is 29.1 Å². The van der Waals surface area contributed by atoms with Crippen molar-refractivity contribution in [2.24, 2.45) is 5.92 Å². The van der Waals surface area contributed by atoms with Crippen LogP contribution in [0.25, 0.3) is 20.8 Å². The van der Waals surface area contributed by atoms with Gasteiger partial charge < -0.3 is 20.5 Å². The highest BCUT2D eigenvalue weighted by molar-refractivity contribution is 7.21. The summed E-state index contributed by atoms with van der Waals surface area (Å²) in [6.45, 7) is 1.62. The molecule has 2 atom stereocenters. The first-order chi connectivity index (χ1) is 15.2. The van der Waals surface area contributed by atoms with E-state index in [2.05, 4.69) is 15.6 Å². The number of hydrogen-bond donors (Lipinski definition) is 4. The quantitative estimate of drug-likeness (QED) is 0.465. The van der Waals surface area contributed by atoms with Crippen molar-refractivity contribution in [3.8, 4) is 10.6 Å². The van der Waals surface area contributed by atoms with Crippen molar-refractivity contribution in [2.45, 2.75) is 44.2 Å². The Hall–Kier alpha value is -2.49. The second-order valence-corrected chi connectivity index (χ2v) is 9.39. The monoisotopic (exact) mass is 441 g/mol. The summed E-state index contributed by atoms with van der Waals surface area (Å²) < 4.78 is 6.46. The third-order valence-corrected chi connectivity index (χ3v) is 7.18. The van der Waals surface area contributed by atoms with E-state index < -0.39 is 0 Å². The summed E-state index contributed by atoms with van der Waals surface area (Å²) in [5, 5.41) is 17.0. The Morgan fingerprint density at radius 2 is 1.94 bits per heavy atom. The van der Waals surface area contributed by atoms with Crippen LogP contribution in [-0.4, -0.2) is 52.0 Å². The lowest BCUT2D eigenvalue weighted by Gasteiger charge is -2.24. The number of nitrogens with zero attached hydrogens (tertiary/aromatic N) is 2. The van der Waals surface area contributed by atoms with Gasteiger partial charge in [-0.3, -0.25) is 9.78 Å². The Balaban J connectivity index is 1.51. The second kappa shape index (κ2) is 8.94. The average molecular weight is 442 g/mol. The maximum Gasteiger partial charge on any atom is 0.264 e.